The quantitative estimate of drug-likeness (QED) is 0.482. The molecule has 2 N–H and O–H groups in total. The van der Waals surface area contributed by atoms with Crippen molar-refractivity contribution in [3.8, 4) is 45.7 Å². The fourth-order valence-electron chi connectivity index (χ4n) is 3.06. The summed E-state index contributed by atoms with van der Waals surface area (Å²) in [4.78, 5) is 14.9. The molecule has 9 nitrogen and oxygen atoms in total. The van der Waals surface area contributed by atoms with Crippen LogP contribution in [0.5, 0.6) is 17.2 Å². The summed E-state index contributed by atoms with van der Waals surface area (Å²) in [6, 6.07) is 13.0. The third-order valence-electron chi connectivity index (χ3n) is 4.51. The maximum atomic E-state index is 11.1. The monoisotopic (exact) mass is 406 g/mol. The van der Waals surface area contributed by atoms with Gasteiger partial charge >= 0.3 is 0 Å². The number of ether oxygens (including phenoxy) is 3. The van der Waals surface area contributed by atoms with Crippen LogP contribution < -0.4 is 19.9 Å². The molecule has 0 amide bonds. The van der Waals surface area contributed by atoms with Crippen LogP contribution in [0.4, 0.5) is 11.5 Å². The molecule has 0 fully saturated rings. The number of nitro benzene ring substituents is 1. The number of nitrogen functional groups attached to an aromatic ring is 1. The van der Waals surface area contributed by atoms with Gasteiger partial charge < -0.3 is 19.9 Å². The summed E-state index contributed by atoms with van der Waals surface area (Å²) < 4.78 is 16.2. The molecule has 30 heavy (non-hydrogen) atoms. The summed E-state index contributed by atoms with van der Waals surface area (Å²) in [5, 5.41) is 20.8. The Kier molecular flexibility index (Phi) is 5.69. The number of nitriles is 1. The Morgan fingerprint density at radius 3 is 2.27 bits per heavy atom. The lowest BCUT2D eigenvalue weighted by Gasteiger charge is -2.16. The van der Waals surface area contributed by atoms with Gasteiger partial charge in [0.1, 0.15) is 23.2 Å². The molecule has 0 aliphatic carbocycles. The molecular weight excluding hydrogens is 388 g/mol. The molecule has 0 bridgehead atoms. The standard InChI is InChI=1S/C21H18N4O5/c1-28-18-10-20(30-3)19(29-2)9-15(18)14-8-17(24-21(23)16(14)11-22)12-5-4-6-13(7-12)25(26)27/h4-10H,1-3H3,(H2,23,24). The van der Waals surface area contributed by atoms with Gasteiger partial charge in [-0.2, -0.15) is 5.26 Å². The predicted octanol–water partition coefficient (Wildman–Crippen LogP) is 3.80. The first-order valence-corrected chi connectivity index (χ1v) is 8.69. The molecule has 3 rings (SSSR count). The summed E-state index contributed by atoms with van der Waals surface area (Å²) in [5.41, 5.74) is 7.97. The Bertz CT molecular complexity index is 1170. The summed E-state index contributed by atoms with van der Waals surface area (Å²) in [5.74, 6) is 1.31. The lowest BCUT2D eigenvalue weighted by atomic mass is 9.97. The normalized spacial score (nSPS) is 10.2. The number of nitrogens with zero attached hydrogens (tertiary/aromatic N) is 3. The van der Waals surface area contributed by atoms with Crippen molar-refractivity contribution in [1.29, 1.82) is 5.26 Å². The van der Waals surface area contributed by atoms with Gasteiger partial charge in [0.2, 0.25) is 0 Å². The van der Waals surface area contributed by atoms with E-state index in [-0.39, 0.29) is 17.1 Å². The van der Waals surface area contributed by atoms with Crippen LogP contribution in [-0.4, -0.2) is 31.2 Å². The first-order valence-electron chi connectivity index (χ1n) is 8.69. The number of pyridine rings is 1. The largest absolute Gasteiger partial charge is 0.496 e. The highest BCUT2D eigenvalue weighted by atomic mass is 16.6. The topological polar surface area (TPSA) is 134 Å². The molecule has 2 aromatic carbocycles. The number of non-ortho nitro benzene ring substituents is 1. The maximum Gasteiger partial charge on any atom is 0.270 e. The number of methoxy groups -OCH3 is 3. The van der Waals surface area contributed by atoms with E-state index < -0.39 is 4.92 Å². The fourth-order valence-corrected chi connectivity index (χ4v) is 3.06. The third-order valence-corrected chi connectivity index (χ3v) is 4.51. The van der Waals surface area contributed by atoms with Crippen LogP contribution in [0.3, 0.4) is 0 Å². The summed E-state index contributed by atoms with van der Waals surface area (Å²) in [7, 11) is 4.49. The molecule has 1 aromatic heterocycles. The van der Waals surface area contributed by atoms with Gasteiger partial charge in [-0.05, 0) is 12.1 Å². The Morgan fingerprint density at radius 1 is 1.00 bits per heavy atom. The molecule has 1 heterocycles. The van der Waals surface area contributed by atoms with Gasteiger partial charge in [-0.15, -0.1) is 0 Å². The highest BCUT2D eigenvalue weighted by Crippen LogP contribution is 2.42. The van der Waals surface area contributed by atoms with E-state index in [4.69, 9.17) is 19.9 Å². The Balaban J connectivity index is 2.30. The molecule has 0 radical (unpaired) electrons. The lowest BCUT2D eigenvalue weighted by Crippen LogP contribution is -2.02. The molecule has 0 aliphatic heterocycles. The third kappa shape index (κ3) is 3.66. The van der Waals surface area contributed by atoms with E-state index >= 15 is 0 Å². The van der Waals surface area contributed by atoms with Crippen molar-refractivity contribution in [2.24, 2.45) is 0 Å². The first kappa shape index (κ1) is 20.4. The zero-order chi connectivity index (χ0) is 21.8. The number of hydrogen-bond donors (Lipinski definition) is 1. The van der Waals surface area contributed by atoms with Crippen molar-refractivity contribution in [3.05, 3.63) is 58.1 Å². The van der Waals surface area contributed by atoms with Gasteiger partial charge in [-0.1, -0.05) is 12.1 Å². The second-order valence-electron chi connectivity index (χ2n) is 6.14. The molecule has 9 heteroatoms. The second-order valence-corrected chi connectivity index (χ2v) is 6.14. The zero-order valence-corrected chi connectivity index (χ0v) is 16.5. The van der Waals surface area contributed by atoms with E-state index in [1.807, 2.05) is 0 Å². The van der Waals surface area contributed by atoms with Crippen LogP contribution in [0.2, 0.25) is 0 Å². The number of nitrogens with two attached hydrogens (primary N) is 1. The van der Waals surface area contributed by atoms with Crippen molar-refractivity contribution in [2.75, 3.05) is 27.1 Å². The molecule has 0 saturated carbocycles. The smallest absolute Gasteiger partial charge is 0.270 e. The Hall–Kier alpha value is -4.32. The van der Waals surface area contributed by atoms with Crippen LogP contribution >= 0.6 is 0 Å². The average molecular weight is 406 g/mol. The van der Waals surface area contributed by atoms with E-state index in [0.29, 0.717) is 39.6 Å². The van der Waals surface area contributed by atoms with Gasteiger partial charge in [0.05, 0.1) is 31.9 Å². The number of aromatic nitrogens is 1. The van der Waals surface area contributed by atoms with E-state index in [2.05, 4.69) is 11.1 Å². The molecule has 0 unspecified atom stereocenters. The van der Waals surface area contributed by atoms with Crippen molar-refractivity contribution in [2.45, 2.75) is 0 Å². The number of hydrogen-bond acceptors (Lipinski definition) is 8. The first-order chi connectivity index (χ1) is 14.4. The Morgan fingerprint density at radius 2 is 1.67 bits per heavy atom. The van der Waals surface area contributed by atoms with Crippen LogP contribution in [0.25, 0.3) is 22.4 Å². The maximum absolute atomic E-state index is 11.1. The minimum atomic E-state index is -0.491. The van der Waals surface area contributed by atoms with Crippen LogP contribution in [-0.2, 0) is 0 Å². The fraction of sp³-hybridized carbons (Fsp3) is 0.143. The SMILES string of the molecule is COc1cc(OC)c(-c2cc(-c3cccc([N+](=O)[O-])c3)nc(N)c2C#N)cc1OC. The summed E-state index contributed by atoms with van der Waals surface area (Å²) >= 11 is 0. The lowest BCUT2D eigenvalue weighted by molar-refractivity contribution is -0.384. The molecule has 3 aromatic rings. The molecule has 0 aliphatic rings. The number of nitro groups is 1. The van der Waals surface area contributed by atoms with Gasteiger partial charge in [0.25, 0.3) is 5.69 Å². The average Bonchev–Trinajstić information content (AvgIpc) is 2.77. The second kappa shape index (κ2) is 8.36. The van der Waals surface area contributed by atoms with E-state index in [1.54, 1.807) is 30.3 Å². The predicted molar refractivity (Wildman–Crippen MR) is 111 cm³/mol. The zero-order valence-electron chi connectivity index (χ0n) is 16.5. The highest BCUT2D eigenvalue weighted by molar-refractivity contribution is 5.84. The van der Waals surface area contributed by atoms with Gasteiger partial charge in [-0.3, -0.25) is 10.1 Å². The molecule has 0 spiro atoms. The van der Waals surface area contributed by atoms with E-state index in [9.17, 15) is 15.4 Å². The van der Waals surface area contributed by atoms with Crippen LogP contribution in [0.15, 0.2) is 42.5 Å². The molecule has 0 saturated heterocycles. The summed E-state index contributed by atoms with van der Waals surface area (Å²) in [6.45, 7) is 0. The van der Waals surface area contributed by atoms with Crippen molar-refractivity contribution in [1.82, 2.24) is 4.98 Å². The minimum absolute atomic E-state index is 0.00616. The van der Waals surface area contributed by atoms with Crippen LogP contribution in [0.1, 0.15) is 5.56 Å². The van der Waals surface area contributed by atoms with Gasteiger partial charge in [0, 0.05) is 34.9 Å². The number of rotatable bonds is 6. The van der Waals surface area contributed by atoms with Crippen molar-refractivity contribution in [3.63, 3.8) is 0 Å². The van der Waals surface area contributed by atoms with Gasteiger partial charge in [0.15, 0.2) is 11.5 Å². The van der Waals surface area contributed by atoms with E-state index in [0.717, 1.165) is 0 Å². The number of benzene rings is 2. The van der Waals surface area contributed by atoms with E-state index in [1.165, 1.54) is 33.5 Å². The summed E-state index contributed by atoms with van der Waals surface area (Å²) in [6.07, 6.45) is 0. The number of anilines is 1. The molecule has 0 atom stereocenters. The Labute approximate surface area is 172 Å². The highest BCUT2D eigenvalue weighted by Gasteiger charge is 2.20. The van der Waals surface area contributed by atoms with Crippen molar-refractivity contribution >= 4 is 11.5 Å². The van der Waals surface area contributed by atoms with Gasteiger partial charge in [-0.25, -0.2) is 4.98 Å². The minimum Gasteiger partial charge on any atom is -0.496 e. The molecular formula is C21H18N4O5. The van der Waals surface area contributed by atoms with Crippen molar-refractivity contribution < 1.29 is 19.1 Å². The van der Waals surface area contributed by atoms with Crippen LogP contribution in [0, 0.1) is 21.4 Å². The molecule has 152 valence electrons.